The van der Waals surface area contributed by atoms with E-state index in [-0.39, 0.29) is 24.8 Å². The summed E-state index contributed by atoms with van der Waals surface area (Å²) in [6.07, 6.45) is 2.43. The molecule has 0 aliphatic heterocycles. The quantitative estimate of drug-likeness (QED) is 0.597. The molecule has 0 radical (unpaired) electrons. The molecule has 0 saturated heterocycles. The number of rotatable bonds is 2. The van der Waals surface area contributed by atoms with E-state index in [0.29, 0.717) is 9.54 Å². The first-order valence-electron chi connectivity index (χ1n) is 6.79. The zero-order valence-electron chi connectivity index (χ0n) is 12.2. The fourth-order valence-corrected chi connectivity index (χ4v) is 4.44. The van der Waals surface area contributed by atoms with Gasteiger partial charge in [0.25, 0.3) is 0 Å². The molecule has 2 aromatic carbocycles. The van der Waals surface area contributed by atoms with Gasteiger partial charge in [0.2, 0.25) is 0 Å². The van der Waals surface area contributed by atoms with Gasteiger partial charge in [-0.2, -0.15) is 0 Å². The molecule has 2 aromatic rings. The number of fused-ring (bicyclic) bond motifs is 1. The first-order chi connectivity index (χ1) is 9.18. The van der Waals surface area contributed by atoms with Gasteiger partial charge in [0, 0.05) is 0 Å². The van der Waals surface area contributed by atoms with Gasteiger partial charge in [-0.3, -0.25) is 0 Å². The standard InChI is InChI=1S/C18H17.2ClH.Zr/c1-13(2)16-11-15-9-6-10-17(18(15)12-16)14-7-4-3-5-8-14;;;/h3-13H,1-2H3;2*1H;. The topological polar surface area (TPSA) is 0 Å². The molecule has 1 aliphatic carbocycles. The summed E-state index contributed by atoms with van der Waals surface area (Å²) in [7, 11) is 0. The van der Waals surface area contributed by atoms with Gasteiger partial charge in [-0.25, -0.2) is 0 Å². The SMILES string of the molecule is CC(C)C1=Cc2c(-c3ccccc3)cccc2[CH]1[Zr].Cl.Cl. The van der Waals surface area contributed by atoms with Crippen LogP contribution in [-0.4, -0.2) is 0 Å². The molecule has 1 aliphatic rings. The maximum atomic E-state index is 2.43. The number of halogens is 2. The van der Waals surface area contributed by atoms with E-state index in [9.17, 15) is 0 Å². The molecular weight excluding hydrogens is 378 g/mol. The Bertz CT molecular complexity index is 633. The van der Waals surface area contributed by atoms with E-state index in [1.807, 2.05) is 0 Å². The van der Waals surface area contributed by atoms with Gasteiger partial charge in [0.05, 0.1) is 0 Å². The van der Waals surface area contributed by atoms with Crippen molar-refractivity contribution in [2.75, 3.05) is 0 Å². The Hall–Kier alpha value is -0.357. The van der Waals surface area contributed by atoms with Crippen molar-refractivity contribution in [1.82, 2.24) is 0 Å². The predicted octanol–water partition coefficient (Wildman–Crippen LogP) is 5.84. The van der Waals surface area contributed by atoms with Crippen LogP contribution < -0.4 is 0 Å². The third kappa shape index (κ3) is 3.53. The summed E-state index contributed by atoms with van der Waals surface area (Å²) >= 11 is 1.60. The fourth-order valence-electron chi connectivity index (χ4n) is 2.79. The second kappa shape index (κ2) is 7.77. The van der Waals surface area contributed by atoms with Crippen LogP contribution in [0.1, 0.15) is 28.6 Å². The van der Waals surface area contributed by atoms with Crippen molar-refractivity contribution in [2.45, 2.75) is 17.5 Å². The average Bonchev–Trinajstić information content (AvgIpc) is 2.78. The molecule has 0 heterocycles. The summed E-state index contributed by atoms with van der Waals surface area (Å²) in [5.41, 5.74) is 7.25. The van der Waals surface area contributed by atoms with Crippen LogP contribution in [0.3, 0.4) is 0 Å². The van der Waals surface area contributed by atoms with Gasteiger partial charge >= 0.3 is 131 Å². The van der Waals surface area contributed by atoms with Gasteiger partial charge in [-0.05, 0) is 0 Å². The summed E-state index contributed by atoms with van der Waals surface area (Å²) in [5, 5.41) is 0. The van der Waals surface area contributed by atoms with Crippen LogP contribution in [0.2, 0.25) is 0 Å². The summed E-state index contributed by atoms with van der Waals surface area (Å²) in [6, 6.07) is 17.5. The van der Waals surface area contributed by atoms with Gasteiger partial charge in [0.1, 0.15) is 0 Å². The monoisotopic (exact) mass is 395 g/mol. The van der Waals surface area contributed by atoms with E-state index in [0.717, 1.165) is 0 Å². The Morgan fingerprint density at radius 3 is 2.19 bits per heavy atom. The van der Waals surface area contributed by atoms with E-state index in [1.165, 1.54) is 22.3 Å². The van der Waals surface area contributed by atoms with Gasteiger partial charge < -0.3 is 0 Å². The molecule has 0 bridgehead atoms. The minimum atomic E-state index is 0. The molecular formula is C18H19Cl2Zr. The van der Waals surface area contributed by atoms with E-state index >= 15 is 0 Å². The van der Waals surface area contributed by atoms with Crippen LogP contribution in [0.4, 0.5) is 0 Å². The second-order valence-electron chi connectivity index (χ2n) is 5.41. The third-order valence-corrected chi connectivity index (χ3v) is 5.43. The van der Waals surface area contributed by atoms with Crippen molar-refractivity contribution >= 4 is 30.9 Å². The maximum absolute atomic E-state index is 2.43. The molecule has 3 rings (SSSR count). The van der Waals surface area contributed by atoms with Crippen LogP contribution in [0.25, 0.3) is 17.2 Å². The smallest absolute Gasteiger partial charge is 0.147 e. The number of allylic oxidation sites excluding steroid dienone is 1. The van der Waals surface area contributed by atoms with Crippen molar-refractivity contribution < 1.29 is 24.7 Å². The number of benzene rings is 2. The van der Waals surface area contributed by atoms with Crippen molar-refractivity contribution in [3.63, 3.8) is 0 Å². The largest absolute Gasteiger partial charge is 0.147 e. The van der Waals surface area contributed by atoms with E-state index in [2.05, 4.69) is 68.5 Å². The summed E-state index contributed by atoms with van der Waals surface area (Å²) in [6.45, 7) is 4.60. The molecule has 0 aromatic heterocycles. The number of hydrogen-bond donors (Lipinski definition) is 0. The molecule has 3 heteroatoms. The predicted molar refractivity (Wildman–Crippen MR) is 91.9 cm³/mol. The Balaban J connectivity index is 0.00000110. The molecule has 1 unspecified atom stereocenters. The molecule has 1 atom stereocenters. The van der Waals surface area contributed by atoms with Gasteiger partial charge in [0.15, 0.2) is 0 Å². The minimum absolute atomic E-state index is 0. The summed E-state index contributed by atoms with van der Waals surface area (Å²) in [5.74, 6) is 0.639. The van der Waals surface area contributed by atoms with E-state index < -0.39 is 0 Å². The Morgan fingerprint density at radius 2 is 1.57 bits per heavy atom. The molecule has 109 valence electrons. The van der Waals surface area contributed by atoms with Gasteiger partial charge in [-0.1, -0.05) is 0 Å². The molecule has 0 spiro atoms. The summed E-state index contributed by atoms with van der Waals surface area (Å²) in [4.78, 5) is 0. The Kier molecular flexibility index (Phi) is 6.92. The normalized spacial score (nSPS) is 15.7. The van der Waals surface area contributed by atoms with Crippen molar-refractivity contribution in [3.8, 4) is 11.1 Å². The van der Waals surface area contributed by atoms with Crippen LogP contribution in [-0.2, 0) is 24.7 Å². The molecule has 0 N–H and O–H groups in total. The van der Waals surface area contributed by atoms with Gasteiger partial charge in [-0.15, -0.1) is 24.8 Å². The molecule has 21 heavy (non-hydrogen) atoms. The zero-order chi connectivity index (χ0) is 13.4. The summed E-state index contributed by atoms with van der Waals surface area (Å²) < 4.78 is 0.644. The van der Waals surface area contributed by atoms with Crippen LogP contribution in [0.5, 0.6) is 0 Å². The zero-order valence-corrected chi connectivity index (χ0v) is 16.3. The Labute approximate surface area is 154 Å². The Morgan fingerprint density at radius 1 is 0.905 bits per heavy atom. The average molecular weight is 397 g/mol. The first-order valence-corrected chi connectivity index (χ1v) is 8.21. The van der Waals surface area contributed by atoms with E-state index in [1.54, 1.807) is 30.3 Å². The maximum Gasteiger partial charge on any atom is -0.147 e. The van der Waals surface area contributed by atoms with Crippen molar-refractivity contribution in [1.29, 1.82) is 0 Å². The first kappa shape index (κ1) is 18.7. The third-order valence-electron chi connectivity index (χ3n) is 3.85. The van der Waals surface area contributed by atoms with Crippen molar-refractivity contribution in [2.24, 2.45) is 5.92 Å². The molecule has 0 amide bonds. The molecule has 0 saturated carbocycles. The minimum Gasteiger partial charge on any atom is -0.147 e. The van der Waals surface area contributed by atoms with Crippen LogP contribution >= 0.6 is 24.8 Å². The second-order valence-corrected chi connectivity index (χ2v) is 6.83. The number of hydrogen-bond acceptors (Lipinski definition) is 0. The fraction of sp³-hybridized carbons (Fsp3) is 0.222. The van der Waals surface area contributed by atoms with E-state index in [4.69, 9.17) is 0 Å². The molecule has 0 nitrogen and oxygen atoms in total. The van der Waals surface area contributed by atoms with Crippen LogP contribution in [0, 0.1) is 5.92 Å². The molecule has 0 fully saturated rings. The van der Waals surface area contributed by atoms with Crippen molar-refractivity contribution in [3.05, 3.63) is 65.2 Å². The van der Waals surface area contributed by atoms with Crippen LogP contribution in [0.15, 0.2) is 54.1 Å².